The summed E-state index contributed by atoms with van der Waals surface area (Å²) in [6.45, 7) is 15.9. The molecule has 0 radical (unpaired) electrons. The molecule has 8 nitrogen and oxygen atoms in total. The quantitative estimate of drug-likeness (QED) is 0.410. The van der Waals surface area contributed by atoms with Crippen molar-refractivity contribution in [3.05, 3.63) is 65.2 Å². The maximum Gasteiger partial charge on any atom is 0.410 e. The molecule has 2 atom stereocenters. The topological polar surface area (TPSA) is 86.2 Å². The van der Waals surface area contributed by atoms with E-state index < -0.39 is 5.60 Å². The zero-order valence-corrected chi connectivity index (χ0v) is 25.7. The Balaban J connectivity index is 1.49. The Morgan fingerprint density at radius 1 is 1.05 bits per heavy atom. The van der Waals surface area contributed by atoms with Crippen LogP contribution in [0.25, 0.3) is 0 Å². The number of rotatable bonds is 6. The van der Waals surface area contributed by atoms with Crippen molar-refractivity contribution in [1.82, 2.24) is 9.80 Å². The number of fused-ring (bicyclic) bond motifs is 1. The van der Waals surface area contributed by atoms with Crippen molar-refractivity contribution in [3.63, 3.8) is 0 Å². The van der Waals surface area contributed by atoms with E-state index in [9.17, 15) is 9.59 Å². The molecular formula is C33H46N4O4. The molecule has 1 N–H and O–H groups in total. The van der Waals surface area contributed by atoms with E-state index in [0.29, 0.717) is 31.9 Å². The van der Waals surface area contributed by atoms with Crippen molar-refractivity contribution in [1.29, 1.82) is 5.41 Å². The van der Waals surface area contributed by atoms with Crippen LogP contribution in [0.2, 0.25) is 0 Å². The summed E-state index contributed by atoms with van der Waals surface area (Å²) < 4.78 is 11.4. The monoisotopic (exact) mass is 562 g/mol. The Morgan fingerprint density at radius 2 is 1.76 bits per heavy atom. The second-order valence-electron chi connectivity index (χ2n) is 13.4. The van der Waals surface area contributed by atoms with Crippen LogP contribution in [0, 0.1) is 10.8 Å². The second kappa shape index (κ2) is 12.1. The minimum atomic E-state index is -0.542. The van der Waals surface area contributed by atoms with Crippen LogP contribution in [0.1, 0.15) is 78.0 Å². The number of hydrogen-bond donors (Lipinski definition) is 1. The standard InChI is InChI=1S/C33H46N4O4/c1-23(32(2,3)4)36(31(39)40-22-24-12-9-8-10-13-24)20-25-15-16-28-26(18-25)19-29(34)37(28)27-14-11-17-35(21-27)30(38)41-33(5,6)7/h8-10,12-13,15-16,18,23,27,34H,11,14,17,19-22H2,1-7H3/t23-,27?/m0/s1. The molecule has 4 rings (SSSR count). The first-order valence-corrected chi connectivity index (χ1v) is 14.7. The molecule has 1 saturated heterocycles. The van der Waals surface area contributed by atoms with Gasteiger partial charge in [0.25, 0.3) is 0 Å². The maximum atomic E-state index is 13.3. The lowest BCUT2D eigenvalue weighted by Crippen LogP contribution is -2.51. The lowest BCUT2D eigenvalue weighted by Gasteiger charge is -2.39. The normalized spacial score (nSPS) is 18.1. The summed E-state index contributed by atoms with van der Waals surface area (Å²) in [6, 6.07) is 15.9. The van der Waals surface area contributed by atoms with Gasteiger partial charge in [-0.25, -0.2) is 9.59 Å². The van der Waals surface area contributed by atoms with Gasteiger partial charge in [0.2, 0.25) is 0 Å². The van der Waals surface area contributed by atoms with Gasteiger partial charge >= 0.3 is 12.2 Å². The smallest absolute Gasteiger partial charge is 0.410 e. The first-order chi connectivity index (χ1) is 19.2. The predicted molar refractivity (Wildman–Crippen MR) is 162 cm³/mol. The summed E-state index contributed by atoms with van der Waals surface area (Å²) in [5.74, 6) is 0.537. The van der Waals surface area contributed by atoms with Crippen LogP contribution in [0.5, 0.6) is 0 Å². The molecule has 2 aliphatic heterocycles. The van der Waals surface area contributed by atoms with Gasteiger partial charge < -0.3 is 24.2 Å². The largest absolute Gasteiger partial charge is 0.445 e. The van der Waals surface area contributed by atoms with Crippen molar-refractivity contribution in [2.45, 2.75) is 98.6 Å². The average molecular weight is 563 g/mol. The molecule has 222 valence electrons. The summed E-state index contributed by atoms with van der Waals surface area (Å²) in [6.07, 6.45) is 1.67. The van der Waals surface area contributed by atoms with Gasteiger partial charge in [-0.3, -0.25) is 5.41 Å². The van der Waals surface area contributed by atoms with E-state index in [2.05, 4.69) is 44.7 Å². The minimum Gasteiger partial charge on any atom is -0.445 e. The van der Waals surface area contributed by atoms with Gasteiger partial charge in [0.1, 0.15) is 18.0 Å². The van der Waals surface area contributed by atoms with Gasteiger partial charge in [-0.15, -0.1) is 0 Å². The highest BCUT2D eigenvalue weighted by atomic mass is 16.6. The lowest BCUT2D eigenvalue weighted by atomic mass is 9.87. The van der Waals surface area contributed by atoms with E-state index >= 15 is 0 Å². The Hall–Kier alpha value is -3.55. The molecule has 2 amide bonds. The van der Waals surface area contributed by atoms with Gasteiger partial charge in [0, 0.05) is 37.8 Å². The lowest BCUT2D eigenvalue weighted by molar-refractivity contribution is 0.0201. The van der Waals surface area contributed by atoms with Crippen molar-refractivity contribution in [3.8, 4) is 0 Å². The molecule has 2 aliphatic rings. The van der Waals surface area contributed by atoms with Crippen LogP contribution in [0.4, 0.5) is 15.3 Å². The first-order valence-electron chi connectivity index (χ1n) is 14.7. The minimum absolute atomic E-state index is 0.0289. The van der Waals surface area contributed by atoms with Crippen LogP contribution in [0.3, 0.4) is 0 Å². The zero-order valence-electron chi connectivity index (χ0n) is 25.7. The average Bonchev–Trinajstić information content (AvgIpc) is 3.24. The number of nitrogens with one attached hydrogen (secondary N) is 1. The number of amides is 2. The summed E-state index contributed by atoms with van der Waals surface area (Å²) in [5, 5.41) is 8.82. The number of ether oxygens (including phenoxy) is 2. The van der Waals surface area contributed by atoms with E-state index in [0.717, 1.165) is 35.2 Å². The molecule has 1 fully saturated rings. The first kappa shape index (κ1) is 30.4. The SMILES string of the molecule is C[C@H](N(Cc1ccc2c(c1)CC(=N)N2C1CCCN(C(=O)OC(C)(C)C)C1)C(=O)OCc1ccccc1)C(C)(C)C. The number of piperidine rings is 1. The van der Waals surface area contributed by atoms with Crippen molar-refractivity contribution in [2.75, 3.05) is 18.0 Å². The Morgan fingerprint density at radius 3 is 2.41 bits per heavy atom. The third kappa shape index (κ3) is 7.60. The van der Waals surface area contributed by atoms with Gasteiger partial charge in [-0.1, -0.05) is 63.2 Å². The van der Waals surface area contributed by atoms with Crippen LogP contribution in [-0.4, -0.2) is 58.6 Å². The highest BCUT2D eigenvalue weighted by Crippen LogP contribution is 2.35. The highest BCUT2D eigenvalue weighted by molar-refractivity contribution is 6.03. The van der Waals surface area contributed by atoms with Crippen LogP contribution in [-0.2, 0) is 29.0 Å². The number of benzene rings is 2. The summed E-state index contributed by atoms with van der Waals surface area (Å²) >= 11 is 0. The molecule has 0 aromatic heterocycles. The number of nitrogens with zero attached hydrogens (tertiary/aromatic N) is 3. The number of carbonyl (C=O) groups excluding carboxylic acids is 2. The summed E-state index contributed by atoms with van der Waals surface area (Å²) in [4.78, 5) is 31.8. The third-order valence-electron chi connectivity index (χ3n) is 7.98. The zero-order chi connectivity index (χ0) is 29.9. The van der Waals surface area contributed by atoms with Gasteiger partial charge in [0.05, 0.1) is 6.04 Å². The third-order valence-corrected chi connectivity index (χ3v) is 7.98. The maximum absolute atomic E-state index is 13.3. The molecule has 0 saturated carbocycles. The molecule has 0 spiro atoms. The van der Waals surface area contributed by atoms with Gasteiger partial charge in [-0.2, -0.15) is 0 Å². The Labute approximate surface area is 245 Å². The van der Waals surface area contributed by atoms with Crippen molar-refractivity contribution in [2.24, 2.45) is 5.41 Å². The number of hydrogen-bond acceptors (Lipinski definition) is 5. The van der Waals surface area contributed by atoms with Gasteiger partial charge in [0.15, 0.2) is 0 Å². The van der Waals surface area contributed by atoms with E-state index in [1.807, 2.05) is 62.1 Å². The van der Waals surface area contributed by atoms with E-state index in [4.69, 9.17) is 14.9 Å². The summed E-state index contributed by atoms with van der Waals surface area (Å²) in [5.41, 5.74) is 3.36. The van der Waals surface area contributed by atoms with E-state index in [1.165, 1.54) is 0 Å². The van der Waals surface area contributed by atoms with Crippen LogP contribution >= 0.6 is 0 Å². The number of anilines is 1. The summed E-state index contributed by atoms with van der Waals surface area (Å²) in [7, 11) is 0. The fourth-order valence-electron chi connectivity index (χ4n) is 5.43. The molecule has 2 heterocycles. The fourth-order valence-corrected chi connectivity index (χ4v) is 5.43. The van der Waals surface area contributed by atoms with Crippen LogP contribution < -0.4 is 4.90 Å². The number of amidine groups is 1. The molecular weight excluding hydrogens is 516 g/mol. The molecule has 0 bridgehead atoms. The molecule has 0 aliphatic carbocycles. The molecule has 2 aromatic rings. The highest BCUT2D eigenvalue weighted by Gasteiger charge is 2.36. The van der Waals surface area contributed by atoms with Gasteiger partial charge in [-0.05, 0) is 68.7 Å². The fraction of sp³-hybridized carbons (Fsp3) is 0.545. The molecule has 8 heteroatoms. The number of likely N-dealkylation sites (tertiary alicyclic amines) is 1. The number of carbonyl (C=O) groups is 2. The predicted octanol–water partition coefficient (Wildman–Crippen LogP) is 7.00. The Kier molecular flexibility index (Phi) is 9.00. The molecule has 2 aromatic carbocycles. The van der Waals surface area contributed by atoms with E-state index in [-0.39, 0.29) is 36.3 Å². The van der Waals surface area contributed by atoms with Crippen molar-refractivity contribution >= 4 is 23.7 Å². The van der Waals surface area contributed by atoms with Crippen molar-refractivity contribution < 1.29 is 19.1 Å². The van der Waals surface area contributed by atoms with E-state index in [1.54, 1.807) is 4.90 Å². The molecule has 1 unspecified atom stereocenters. The van der Waals surface area contributed by atoms with Crippen LogP contribution in [0.15, 0.2) is 48.5 Å². The molecule has 41 heavy (non-hydrogen) atoms. The Bertz CT molecular complexity index is 1250. The second-order valence-corrected chi connectivity index (χ2v) is 13.4.